The number of rotatable bonds is 9. The van der Waals surface area contributed by atoms with Gasteiger partial charge in [0.1, 0.15) is 5.03 Å². The smallest absolute Gasteiger partial charge is 0.322 e. The molecule has 2 aliphatic carbocycles. The molecule has 1 saturated heterocycles. The third-order valence-corrected chi connectivity index (χ3v) is 9.60. The van der Waals surface area contributed by atoms with Crippen LogP contribution in [0.25, 0.3) is 0 Å². The largest absolute Gasteiger partial charge is 0.339 e. The molecule has 200 valence electrons. The summed E-state index contributed by atoms with van der Waals surface area (Å²) in [7, 11) is 2.01. The topological polar surface area (TPSA) is 56.6 Å². The van der Waals surface area contributed by atoms with Gasteiger partial charge in [0.05, 0.1) is 11.4 Å². The number of urea groups is 1. The molecule has 2 heterocycles. The number of imidazole rings is 1. The van der Waals surface area contributed by atoms with E-state index in [0.717, 1.165) is 68.5 Å². The number of piperazine rings is 1. The first-order valence-corrected chi connectivity index (χ1v) is 15.4. The normalized spacial score (nSPS) is 21.4. The Morgan fingerprint density at radius 1 is 1.08 bits per heavy atom. The monoisotopic (exact) mass is 532 g/mol. The molecule has 3 fully saturated rings. The summed E-state index contributed by atoms with van der Waals surface area (Å²) in [5, 5.41) is 4.99. The number of hydrogen-bond donors (Lipinski definition) is 1. The molecule has 1 aliphatic heterocycles. The summed E-state index contributed by atoms with van der Waals surface area (Å²) >= 11 is 3.36. The molecule has 1 aromatic rings. The van der Waals surface area contributed by atoms with Crippen LogP contribution in [0, 0.1) is 0 Å². The minimum Gasteiger partial charge on any atom is -0.339 e. The molecule has 0 aromatic carbocycles. The number of allylic oxidation sites excluding steroid dienone is 1. The molecule has 36 heavy (non-hydrogen) atoms. The number of hydrogen-bond acceptors (Lipinski definition) is 6. The summed E-state index contributed by atoms with van der Waals surface area (Å²) < 4.78 is 4.38. The Morgan fingerprint density at radius 2 is 1.69 bits per heavy atom. The van der Waals surface area contributed by atoms with E-state index in [1.807, 2.05) is 17.9 Å². The number of aromatic nitrogens is 2. The third-order valence-electron chi connectivity index (χ3n) is 7.61. The fourth-order valence-electron chi connectivity index (χ4n) is 5.67. The molecule has 1 aromatic heterocycles. The Kier molecular flexibility index (Phi) is 10.7. The molecule has 9 heteroatoms. The number of aryl methyl sites for hydroxylation is 1. The summed E-state index contributed by atoms with van der Waals surface area (Å²) in [4.78, 5) is 23.9. The maximum absolute atomic E-state index is 13.5. The number of thioether (sulfide) groups is 1. The first-order chi connectivity index (χ1) is 17.5. The molecule has 0 unspecified atom stereocenters. The number of amides is 2. The van der Waals surface area contributed by atoms with Gasteiger partial charge in [0.15, 0.2) is 0 Å². The van der Waals surface area contributed by atoms with Gasteiger partial charge in [0, 0.05) is 63.0 Å². The number of nitrogens with one attached hydrogen (secondary N) is 1. The lowest BCUT2D eigenvalue weighted by molar-refractivity contribution is 0.107. The SMILES string of the molecule is C=C(NC(=O)N(C1CCCCC1)C1CCCCC1)S/C(=C\C)CN1CCN(Sc2cn(C)cn2)CC1. The third kappa shape index (κ3) is 8.04. The molecule has 7 nitrogen and oxygen atoms in total. The molecule has 2 saturated carbocycles. The summed E-state index contributed by atoms with van der Waals surface area (Å²) in [5.74, 6) is 0. The highest BCUT2D eigenvalue weighted by atomic mass is 32.2. The number of carbonyl (C=O) groups is 1. The van der Waals surface area contributed by atoms with Crippen LogP contribution in [-0.2, 0) is 7.05 Å². The molecule has 0 atom stereocenters. The van der Waals surface area contributed by atoms with Gasteiger partial charge in [0.2, 0.25) is 0 Å². The van der Waals surface area contributed by atoms with E-state index < -0.39 is 0 Å². The lowest BCUT2D eigenvalue weighted by Gasteiger charge is -2.41. The van der Waals surface area contributed by atoms with E-state index in [1.165, 1.54) is 43.4 Å². The lowest BCUT2D eigenvalue weighted by Crippen LogP contribution is -2.52. The van der Waals surface area contributed by atoms with Crippen LogP contribution in [0.15, 0.2) is 40.1 Å². The Labute approximate surface area is 226 Å². The van der Waals surface area contributed by atoms with Gasteiger partial charge in [-0.15, -0.1) is 0 Å². The molecule has 1 N–H and O–H groups in total. The summed E-state index contributed by atoms with van der Waals surface area (Å²) in [6, 6.07) is 0.851. The number of carbonyl (C=O) groups excluding carboxylic acids is 1. The van der Waals surface area contributed by atoms with Crippen LogP contribution in [0.5, 0.6) is 0 Å². The van der Waals surface area contributed by atoms with E-state index in [2.05, 4.69) is 50.2 Å². The van der Waals surface area contributed by atoms with Crippen LogP contribution in [-0.4, -0.2) is 74.5 Å². The van der Waals surface area contributed by atoms with Crippen LogP contribution < -0.4 is 5.32 Å². The van der Waals surface area contributed by atoms with Crippen molar-refractivity contribution in [2.45, 2.75) is 88.2 Å². The Morgan fingerprint density at radius 3 is 2.22 bits per heavy atom. The van der Waals surface area contributed by atoms with E-state index in [-0.39, 0.29) is 6.03 Å². The van der Waals surface area contributed by atoms with E-state index in [4.69, 9.17) is 0 Å². The molecule has 4 rings (SSSR count). The second kappa shape index (κ2) is 13.9. The van der Waals surface area contributed by atoms with Crippen molar-refractivity contribution in [1.29, 1.82) is 0 Å². The first kappa shape index (κ1) is 27.6. The van der Waals surface area contributed by atoms with Crippen LogP contribution in [0.1, 0.15) is 71.1 Å². The molecule has 0 bridgehead atoms. The van der Waals surface area contributed by atoms with Crippen molar-refractivity contribution in [3.63, 3.8) is 0 Å². The highest BCUT2D eigenvalue weighted by Gasteiger charge is 2.32. The predicted molar refractivity (Wildman–Crippen MR) is 152 cm³/mol. The Hall–Kier alpha value is -1.42. The molecular formula is C27H44N6OS2. The van der Waals surface area contributed by atoms with Crippen molar-refractivity contribution in [2.75, 3.05) is 32.7 Å². The van der Waals surface area contributed by atoms with Crippen LogP contribution >= 0.6 is 23.7 Å². The Balaban J connectivity index is 1.24. The number of nitrogens with zero attached hydrogens (tertiary/aromatic N) is 5. The molecular weight excluding hydrogens is 488 g/mol. The van der Waals surface area contributed by atoms with E-state index in [1.54, 1.807) is 23.7 Å². The Bertz CT molecular complexity index is 865. The lowest BCUT2D eigenvalue weighted by atomic mass is 9.89. The zero-order valence-corrected chi connectivity index (χ0v) is 23.8. The van der Waals surface area contributed by atoms with Gasteiger partial charge in [0.25, 0.3) is 0 Å². The fourth-order valence-corrected chi connectivity index (χ4v) is 7.40. The van der Waals surface area contributed by atoms with E-state index >= 15 is 0 Å². The summed E-state index contributed by atoms with van der Waals surface area (Å²) in [5.41, 5.74) is 0. The quantitative estimate of drug-likeness (QED) is 0.404. The van der Waals surface area contributed by atoms with Gasteiger partial charge in [-0.05, 0) is 44.6 Å². The molecule has 2 amide bonds. The van der Waals surface area contributed by atoms with Gasteiger partial charge < -0.3 is 14.8 Å². The van der Waals surface area contributed by atoms with Crippen molar-refractivity contribution in [3.8, 4) is 0 Å². The standard InChI is InChI=1S/C27H44N6OS2/c1-4-25(19-31-15-17-32(18-16-31)36-26-20-30(3)21-28-26)35-22(2)29-27(34)33(23-11-7-5-8-12-23)24-13-9-6-10-14-24/h4,20-21,23-24H,2,5-19H2,1,3H3,(H,29,34)/b25-4-. The second-order valence-electron chi connectivity index (χ2n) is 10.4. The average Bonchev–Trinajstić information content (AvgIpc) is 3.30. The fraction of sp³-hybridized carbons (Fsp3) is 0.704. The van der Waals surface area contributed by atoms with Gasteiger partial charge >= 0.3 is 6.03 Å². The van der Waals surface area contributed by atoms with Crippen molar-refractivity contribution < 1.29 is 4.79 Å². The highest BCUT2D eigenvalue weighted by molar-refractivity contribution is 8.06. The van der Waals surface area contributed by atoms with Crippen molar-refractivity contribution >= 4 is 29.7 Å². The van der Waals surface area contributed by atoms with Crippen LogP contribution in [0.4, 0.5) is 4.79 Å². The minimum absolute atomic E-state index is 0.0712. The van der Waals surface area contributed by atoms with Gasteiger partial charge in [-0.1, -0.05) is 62.9 Å². The van der Waals surface area contributed by atoms with Crippen LogP contribution in [0.2, 0.25) is 0 Å². The molecule has 3 aliphatic rings. The summed E-state index contributed by atoms with van der Waals surface area (Å²) in [6.07, 6.45) is 18.3. The van der Waals surface area contributed by atoms with Gasteiger partial charge in [-0.25, -0.2) is 14.1 Å². The maximum atomic E-state index is 13.5. The highest BCUT2D eigenvalue weighted by Crippen LogP contribution is 2.31. The van der Waals surface area contributed by atoms with Crippen molar-refractivity contribution in [1.82, 2.24) is 29.0 Å². The zero-order valence-electron chi connectivity index (χ0n) is 22.2. The van der Waals surface area contributed by atoms with E-state index in [9.17, 15) is 4.79 Å². The minimum atomic E-state index is 0.0712. The predicted octanol–water partition coefficient (Wildman–Crippen LogP) is 5.83. The first-order valence-electron chi connectivity index (χ1n) is 13.8. The maximum Gasteiger partial charge on any atom is 0.322 e. The summed E-state index contributed by atoms with van der Waals surface area (Å²) in [6.45, 7) is 11.3. The molecule has 0 radical (unpaired) electrons. The van der Waals surface area contributed by atoms with Gasteiger partial charge in [-0.3, -0.25) is 4.90 Å². The van der Waals surface area contributed by atoms with Crippen molar-refractivity contribution in [3.05, 3.63) is 35.1 Å². The second-order valence-corrected chi connectivity index (χ2v) is 12.7. The average molecular weight is 533 g/mol. The van der Waals surface area contributed by atoms with E-state index in [0.29, 0.717) is 12.1 Å². The van der Waals surface area contributed by atoms with Crippen LogP contribution in [0.3, 0.4) is 0 Å². The zero-order chi connectivity index (χ0) is 25.3. The van der Waals surface area contributed by atoms with Crippen molar-refractivity contribution in [2.24, 2.45) is 7.05 Å². The van der Waals surface area contributed by atoms with Gasteiger partial charge in [-0.2, -0.15) is 0 Å². The molecule has 0 spiro atoms.